The van der Waals surface area contributed by atoms with Gasteiger partial charge in [-0.05, 0) is 43.7 Å². The molecule has 2 aromatic carbocycles. The number of rotatable bonds is 5. The molecule has 0 saturated carbocycles. The highest BCUT2D eigenvalue weighted by molar-refractivity contribution is 7.89. The summed E-state index contributed by atoms with van der Waals surface area (Å²) in [6.07, 6.45) is 0. The van der Waals surface area contributed by atoms with Gasteiger partial charge in [-0.15, -0.1) is 0 Å². The molecule has 25 heavy (non-hydrogen) atoms. The fourth-order valence-electron chi connectivity index (χ4n) is 2.57. The molecule has 0 saturated heterocycles. The van der Waals surface area contributed by atoms with Gasteiger partial charge in [0.25, 0.3) is 0 Å². The van der Waals surface area contributed by atoms with Crippen LogP contribution in [0.25, 0.3) is 10.2 Å². The van der Waals surface area contributed by atoms with E-state index in [-0.39, 0.29) is 22.4 Å². The van der Waals surface area contributed by atoms with Gasteiger partial charge in [-0.1, -0.05) is 41.1 Å². The van der Waals surface area contributed by atoms with E-state index in [1.807, 2.05) is 13.8 Å². The Morgan fingerprint density at radius 2 is 1.92 bits per heavy atom. The van der Waals surface area contributed by atoms with E-state index in [1.54, 1.807) is 34.9 Å². The minimum atomic E-state index is -3.70. The maximum absolute atomic E-state index is 12.6. The smallest absolute Gasteiger partial charge is 0.296 e. The molecule has 0 amide bonds. The third kappa shape index (κ3) is 3.64. The van der Waals surface area contributed by atoms with Crippen LogP contribution in [-0.4, -0.2) is 13.0 Å². The average molecular weight is 397 g/mol. The van der Waals surface area contributed by atoms with Gasteiger partial charge < -0.3 is 0 Å². The standard InChI is InChI=1S/C17H17ClN2O3S2/c1-11(2)20-15-8-7-13(9-16(15)24-17(20)21)25(22,23)19-10-12-5-3-4-6-14(12)18/h3-9,11,19H,10H2,1-2H3. The van der Waals surface area contributed by atoms with Gasteiger partial charge >= 0.3 is 4.87 Å². The third-order valence-electron chi connectivity index (χ3n) is 3.82. The first-order valence-electron chi connectivity index (χ1n) is 7.68. The average Bonchev–Trinajstić information content (AvgIpc) is 2.89. The minimum Gasteiger partial charge on any atom is -0.296 e. The Morgan fingerprint density at radius 1 is 1.20 bits per heavy atom. The molecule has 1 heterocycles. The van der Waals surface area contributed by atoms with Gasteiger partial charge in [0.1, 0.15) is 0 Å². The number of fused-ring (bicyclic) bond motifs is 1. The number of nitrogens with zero attached hydrogens (tertiary/aromatic N) is 1. The summed E-state index contributed by atoms with van der Waals surface area (Å²) in [6.45, 7) is 3.94. The highest BCUT2D eigenvalue weighted by Gasteiger charge is 2.17. The monoisotopic (exact) mass is 396 g/mol. The van der Waals surface area contributed by atoms with E-state index in [0.717, 1.165) is 16.9 Å². The maximum atomic E-state index is 12.6. The topological polar surface area (TPSA) is 68.2 Å². The number of sulfonamides is 1. The lowest BCUT2D eigenvalue weighted by molar-refractivity contribution is 0.581. The van der Waals surface area contributed by atoms with E-state index in [2.05, 4.69) is 4.72 Å². The van der Waals surface area contributed by atoms with Crippen molar-refractivity contribution in [3.05, 3.63) is 62.7 Å². The second-order valence-corrected chi connectivity index (χ2v) is 9.04. The highest BCUT2D eigenvalue weighted by Crippen LogP contribution is 2.24. The van der Waals surface area contributed by atoms with Crippen LogP contribution in [0.15, 0.2) is 52.2 Å². The Hall–Kier alpha value is -1.67. The molecule has 0 fully saturated rings. The van der Waals surface area contributed by atoms with Crippen molar-refractivity contribution in [2.75, 3.05) is 0 Å². The van der Waals surface area contributed by atoms with E-state index in [9.17, 15) is 13.2 Å². The fraction of sp³-hybridized carbons (Fsp3) is 0.235. The zero-order valence-corrected chi connectivity index (χ0v) is 16.1. The van der Waals surface area contributed by atoms with Crippen molar-refractivity contribution >= 4 is 43.2 Å². The summed E-state index contributed by atoms with van der Waals surface area (Å²) in [5, 5.41) is 0.507. The van der Waals surface area contributed by atoms with Crippen LogP contribution in [0.3, 0.4) is 0 Å². The second kappa shape index (κ2) is 6.92. The Morgan fingerprint density at radius 3 is 2.60 bits per heavy atom. The zero-order valence-electron chi connectivity index (χ0n) is 13.7. The van der Waals surface area contributed by atoms with Gasteiger partial charge in [0.2, 0.25) is 10.0 Å². The quantitative estimate of drug-likeness (QED) is 0.713. The molecule has 0 aliphatic carbocycles. The van der Waals surface area contributed by atoms with Crippen molar-refractivity contribution in [1.82, 2.24) is 9.29 Å². The van der Waals surface area contributed by atoms with Crippen molar-refractivity contribution in [1.29, 1.82) is 0 Å². The minimum absolute atomic E-state index is 0.0158. The number of thiazole rings is 1. The lowest BCUT2D eigenvalue weighted by Gasteiger charge is -2.10. The van der Waals surface area contributed by atoms with Gasteiger partial charge in [0.15, 0.2) is 0 Å². The first-order chi connectivity index (χ1) is 11.8. The molecule has 0 bridgehead atoms. The Bertz CT molecular complexity index is 1080. The molecule has 1 N–H and O–H groups in total. The summed E-state index contributed by atoms with van der Waals surface area (Å²) in [6, 6.07) is 11.8. The first-order valence-corrected chi connectivity index (χ1v) is 10.4. The molecule has 0 aliphatic rings. The van der Waals surface area contributed by atoms with Crippen molar-refractivity contribution in [2.24, 2.45) is 0 Å². The maximum Gasteiger partial charge on any atom is 0.308 e. The lowest BCUT2D eigenvalue weighted by atomic mass is 10.2. The van der Waals surface area contributed by atoms with Crippen LogP contribution in [-0.2, 0) is 16.6 Å². The molecule has 0 unspecified atom stereocenters. The summed E-state index contributed by atoms with van der Waals surface area (Å²) in [5.41, 5.74) is 1.44. The number of halogens is 1. The van der Waals surface area contributed by atoms with Crippen molar-refractivity contribution in [2.45, 2.75) is 31.3 Å². The Balaban J connectivity index is 1.92. The van der Waals surface area contributed by atoms with E-state index < -0.39 is 10.0 Å². The van der Waals surface area contributed by atoms with Crippen LogP contribution in [0.2, 0.25) is 5.02 Å². The summed E-state index contributed by atoms with van der Waals surface area (Å²) < 4.78 is 30.0. The van der Waals surface area contributed by atoms with Crippen LogP contribution in [0, 0.1) is 0 Å². The largest absolute Gasteiger partial charge is 0.308 e. The predicted molar refractivity (Wildman–Crippen MR) is 102 cm³/mol. The van der Waals surface area contributed by atoms with Crippen molar-refractivity contribution < 1.29 is 8.42 Å². The highest BCUT2D eigenvalue weighted by atomic mass is 35.5. The van der Waals surface area contributed by atoms with E-state index in [1.165, 1.54) is 12.1 Å². The summed E-state index contributed by atoms with van der Waals surface area (Å²) >= 11 is 7.10. The first kappa shape index (κ1) is 18.1. The SMILES string of the molecule is CC(C)n1c(=O)sc2cc(S(=O)(=O)NCc3ccccc3Cl)ccc21. The van der Waals surface area contributed by atoms with Gasteiger partial charge in [-0.25, -0.2) is 13.1 Å². The summed E-state index contributed by atoms with van der Waals surface area (Å²) in [7, 11) is -3.70. The van der Waals surface area contributed by atoms with E-state index in [0.29, 0.717) is 15.3 Å². The molecule has 0 spiro atoms. The second-order valence-electron chi connectivity index (χ2n) is 5.88. The zero-order chi connectivity index (χ0) is 18.2. The van der Waals surface area contributed by atoms with Gasteiger partial charge in [0, 0.05) is 17.6 Å². The molecule has 8 heteroatoms. The number of aromatic nitrogens is 1. The third-order valence-corrected chi connectivity index (χ3v) is 6.51. The van der Waals surface area contributed by atoms with Gasteiger partial charge in [-0.2, -0.15) is 0 Å². The summed E-state index contributed by atoms with van der Waals surface area (Å²) in [5.74, 6) is 0. The molecule has 3 aromatic rings. The van der Waals surface area contributed by atoms with Crippen LogP contribution >= 0.6 is 22.9 Å². The van der Waals surface area contributed by atoms with Crippen LogP contribution in [0.5, 0.6) is 0 Å². The van der Waals surface area contributed by atoms with E-state index >= 15 is 0 Å². The van der Waals surface area contributed by atoms with Crippen molar-refractivity contribution in [3.63, 3.8) is 0 Å². The van der Waals surface area contributed by atoms with Crippen LogP contribution in [0.1, 0.15) is 25.5 Å². The molecule has 5 nitrogen and oxygen atoms in total. The van der Waals surface area contributed by atoms with Gasteiger partial charge in [-0.3, -0.25) is 9.36 Å². The normalized spacial score (nSPS) is 12.2. The van der Waals surface area contributed by atoms with Crippen LogP contribution in [0.4, 0.5) is 0 Å². The molecule has 0 radical (unpaired) electrons. The molecular formula is C17H17ClN2O3S2. The Labute approximate surface area is 154 Å². The Kier molecular flexibility index (Phi) is 5.02. The number of nitrogens with one attached hydrogen (secondary N) is 1. The predicted octanol–water partition coefficient (Wildman–Crippen LogP) is 3.78. The molecule has 3 rings (SSSR count). The van der Waals surface area contributed by atoms with Crippen LogP contribution < -0.4 is 9.60 Å². The molecule has 0 aliphatic heterocycles. The summed E-state index contributed by atoms with van der Waals surface area (Å²) in [4.78, 5) is 12.1. The van der Waals surface area contributed by atoms with Crippen molar-refractivity contribution in [3.8, 4) is 0 Å². The molecular weight excluding hydrogens is 380 g/mol. The number of hydrogen-bond acceptors (Lipinski definition) is 4. The number of hydrogen-bond donors (Lipinski definition) is 1. The molecule has 0 atom stereocenters. The molecule has 1 aromatic heterocycles. The lowest BCUT2D eigenvalue weighted by Crippen LogP contribution is -2.23. The van der Waals surface area contributed by atoms with Gasteiger partial charge in [0.05, 0.1) is 15.1 Å². The fourth-order valence-corrected chi connectivity index (χ4v) is 4.93. The van der Waals surface area contributed by atoms with E-state index in [4.69, 9.17) is 11.6 Å². The molecule has 132 valence electrons. The number of benzene rings is 2.